The maximum atomic E-state index is 12.5. The van der Waals surface area contributed by atoms with Gasteiger partial charge in [0.15, 0.2) is 0 Å². The lowest BCUT2D eigenvalue weighted by molar-refractivity contribution is -0.121. The average molecular weight is 329 g/mol. The van der Waals surface area contributed by atoms with E-state index in [1.807, 2.05) is 18.2 Å². The number of hydrogen-bond acceptors (Lipinski definition) is 3. The lowest BCUT2D eigenvalue weighted by Gasteiger charge is -2.20. The van der Waals surface area contributed by atoms with Crippen molar-refractivity contribution < 1.29 is 13.9 Å². The fraction of sp³-hybridized carbons (Fsp3) is 0.550. The van der Waals surface area contributed by atoms with E-state index in [1.165, 1.54) is 32.1 Å². The molecule has 1 fully saturated rings. The van der Waals surface area contributed by atoms with Gasteiger partial charge in [0, 0.05) is 23.1 Å². The lowest BCUT2D eigenvalue weighted by Crippen LogP contribution is -2.38. The van der Waals surface area contributed by atoms with E-state index in [2.05, 4.69) is 12.2 Å². The molecule has 1 aromatic carbocycles. The van der Waals surface area contributed by atoms with E-state index in [4.69, 9.17) is 9.15 Å². The second kappa shape index (κ2) is 7.73. The highest BCUT2D eigenvalue weighted by atomic mass is 16.5. The van der Waals surface area contributed by atoms with Crippen LogP contribution in [0.4, 0.5) is 0 Å². The molecule has 2 aromatic rings. The van der Waals surface area contributed by atoms with E-state index in [1.54, 1.807) is 13.4 Å². The first-order chi connectivity index (χ1) is 11.7. The molecule has 0 saturated heterocycles. The van der Waals surface area contributed by atoms with E-state index in [-0.39, 0.29) is 5.91 Å². The normalized spacial score (nSPS) is 20.4. The van der Waals surface area contributed by atoms with Crippen LogP contribution in [0.2, 0.25) is 0 Å². The fourth-order valence-electron chi connectivity index (χ4n) is 3.80. The van der Waals surface area contributed by atoms with Gasteiger partial charge in [0.05, 0.1) is 19.8 Å². The van der Waals surface area contributed by atoms with Crippen LogP contribution in [0.15, 0.2) is 28.9 Å². The number of amides is 1. The first kappa shape index (κ1) is 16.9. The standard InChI is InChI=1S/C20H27NO3/c1-3-4-6-14-7-5-8-18(14)21-20(22)11-15-13-24-19-12-16(23-2)9-10-17(15)19/h9-10,12-14,18H,3-8,11H2,1-2H3,(H,21,22). The predicted octanol–water partition coefficient (Wildman–Crippen LogP) is 4.46. The van der Waals surface area contributed by atoms with Crippen LogP contribution in [0.1, 0.15) is 51.0 Å². The molecule has 1 aliphatic carbocycles. The molecule has 4 heteroatoms. The van der Waals surface area contributed by atoms with E-state index in [9.17, 15) is 4.79 Å². The summed E-state index contributed by atoms with van der Waals surface area (Å²) in [7, 11) is 1.63. The second-order valence-corrected chi connectivity index (χ2v) is 6.81. The van der Waals surface area contributed by atoms with Gasteiger partial charge in [0.2, 0.25) is 5.91 Å². The summed E-state index contributed by atoms with van der Waals surface area (Å²) < 4.78 is 10.8. The van der Waals surface area contributed by atoms with Crippen LogP contribution < -0.4 is 10.1 Å². The number of ether oxygens (including phenoxy) is 1. The van der Waals surface area contributed by atoms with Gasteiger partial charge < -0.3 is 14.5 Å². The Morgan fingerprint density at radius 1 is 1.38 bits per heavy atom. The minimum absolute atomic E-state index is 0.0990. The summed E-state index contributed by atoms with van der Waals surface area (Å²) in [6.45, 7) is 2.22. The molecule has 130 valence electrons. The number of unbranched alkanes of at least 4 members (excludes halogenated alkanes) is 1. The third kappa shape index (κ3) is 3.74. The first-order valence-electron chi connectivity index (χ1n) is 9.04. The third-order valence-corrected chi connectivity index (χ3v) is 5.15. The number of fused-ring (bicyclic) bond motifs is 1. The minimum atomic E-state index is 0.0990. The van der Waals surface area contributed by atoms with Crippen molar-refractivity contribution in [1.29, 1.82) is 0 Å². The van der Waals surface area contributed by atoms with Crippen LogP contribution in [0.3, 0.4) is 0 Å². The molecule has 24 heavy (non-hydrogen) atoms. The van der Waals surface area contributed by atoms with Crippen LogP contribution in [-0.2, 0) is 11.2 Å². The molecule has 2 atom stereocenters. The van der Waals surface area contributed by atoms with Crippen molar-refractivity contribution >= 4 is 16.9 Å². The topological polar surface area (TPSA) is 51.5 Å². The third-order valence-electron chi connectivity index (χ3n) is 5.15. The molecule has 1 heterocycles. The summed E-state index contributed by atoms with van der Waals surface area (Å²) in [6.07, 6.45) is 9.36. The Labute approximate surface area is 143 Å². The van der Waals surface area contributed by atoms with Crippen molar-refractivity contribution in [1.82, 2.24) is 5.32 Å². The highest BCUT2D eigenvalue weighted by Crippen LogP contribution is 2.30. The molecular weight excluding hydrogens is 302 g/mol. The highest BCUT2D eigenvalue weighted by molar-refractivity contribution is 5.88. The molecule has 0 spiro atoms. The van der Waals surface area contributed by atoms with Gasteiger partial charge in [-0.15, -0.1) is 0 Å². The molecule has 4 nitrogen and oxygen atoms in total. The zero-order chi connectivity index (χ0) is 16.9. The molecule has 3 rings (SSSR count). The summed E-state index contributed by atoms with van der Waals surface area (Å²) in [6, 6.07) is 6.06. The summed E-state index contributed by atoms with van der Waals surface area (Å²) in [5.74, 6) is 1.51. The minimum Gasteiger partial charge on any atom is -0.497 e. The molecule has 1 N–H and O–H groups in total. The zero-order valence-corrected chi connectivity index (χ0v) is 14.6. The second-order valence-electron chi connectivity index (χ2n) is 6.81. The number of benzene rings is 1. The Morgan fingerprint density at radius 3 is 3.04 bits per heavy atom. The monoisotopic (exact) mass is 329 g/mol. The van der Waals surface area contributed by atoms with Crippen molar-refractivity contribution in [2.75, 3.05) is 7.11 Å². The maximum absolute atomic E-state index is 12.5. The zero-order valence-electron chi connectivity index (χ0n) is 14.6. The number of carbonyl (C=O) groups is 1. The summed E-state index contributed by atoms with van der Waals surface area (Å²) >= 11 is 0. The van der Waals surface area contributed by atoms with Crippen molar-refractivity contribution in [3.63, 3.8) is 0 Å². The number of nitrogens with one attached hydrogen (secondary N) is 1. The molecular formula is C20H27NO3. The molecule has 1 aromatic heterocycles. The number of carbonyl (C=O) groups excluding carboxylic acids is 1. The number of furan rings is 1. The van der Waals surface area contributed by atoms with Crippen molar-refractivity contribution in [3.05, 3.63) is 30.0 Å². The Hall–Kier alpha value is -1.97. The van der Waals surface area contributed by atoms with Crippen LogP contribution >= 0.6 is 0 Å². The molecule has 1 aliphatic rings. The summed E-state index contributed by atoms with van der Waals surface area (Å²) in [5.41, 5.74) is 1.70. The quantitative estimate of drug-likeness (QED) is 0.816. The predicted molar refractivity (Wildman–Crippen MR) is 95.3 cm³/mol. The Bertz CT molecular complexity index is 691. The molecule has 0 bridgehead atoms. The number of hydrogen-bond donors (Lipinski definition) is 1. The van der Waals surface area contributed by atoms with E-state index >= 15 is 0 Å². The number of methoxy groups -OCH3 is 1. The molecule has 1 saturated carbocycles. The van der Waals surface area contributed by atoms with E-state index in [0.29, 0.717) is 18.4 Å². The lowest BCUT2D eigenvalue weighted by atomic mass is 9.96. The van der Waals surface area contributed by atoms with Crippen LogP contribution in [0.5, 0.6) is 5.75 Å². The van der Waals surface area contributed by atoms with E-state index in [0.717, 1.165) is 28.7 Å². The van der Waals surface area contributed by atoms with Gasteiger partial charge in [-0.1, -0.05) is 26.2 Å². The number of rotatable bonds is 7. The maximum Gasteiger partial charge on any atom is 0.224 e. The van der Waals surface area contributed by atoms with Crippen molar-refractivity contribution in [2.45, 2.75) is 57.9 Å². The molecule has 0 aliphatic heterocycles. The molecule has 2 unspecified atom stereocenters. The average Bonchev–Trinajstić information content (AvgIpc) is 3.19. The van der Waals surface area contributed by atoms with Gasteiger partial charge in [-0.05, 0) is 37.3 Å². The van der Waals surface area contributed by atoms with Gasteiger partial charge in [0.25, 0.3) is 0 Å². The van der Waals surface area contributed by atoms with Gasteiger partial charge in [-0.2, -0.15) is 0 Å². The Morgan fingerprint density at radius 2 is 2.25 bits per heavy atom. The van der Waals surface area contributed by atoms with Gasteiger partial charge in [0.1, 0.15) is 11.3 Å². The Balaban J connectivity index is 1.62. The van der Waals surface area contributed by atoms with Gasteiger partial charge in [-0.25, -0.2) is 0 Å². The highest BCUT2D eigenvalue weighted by Gasteiger charge is 2.28. The smallest absolute Gasteiger partial charge is 0.224 e. The summed E-state index contributed by atoms with van der Waals surface area (Å²) in [4.78, 5) is 12.5. The van der Waals surface area contributed by atoms with Crippen LogP contribution in [0, 0.1) is 5.92 Å². The van der Waals surface area contributed by atoms with Gasteiger partial charge >= 0.3 is 0 Å². The molecule has 0 radical (unpaired) electrons. The SMILES string of the molecule is CCCCC1CCCC1NC(=O)Cc1coc2cc(OC)ccc12. The largest absolute Gasteiger partial charge is 0.497 e. The summed E-state index contributed by atoms with van der Waals surface area (Å²) in [5, 5.41) is 4.24. The molecule has 1 amide bonds. The van der Waals surface area contributed by atoms with Crippen molar-refractivity contribution in [2.24, 2.45) is 5.92 Å². The van der Waals surface area contributed by atoms with Crippen molar-refractivity contribution in [3.8, 4) is 5.75 Å². The first-order valence-corrected chi connectivity index (χ1v) is 9.04. The van der Waals surface area contributed by atoms with Crippen LogP contribution in [-0.4, -0.2) is 19.1 Å². The Kier molecular flexibility index (Phi) is 5.44. The van der Waals surface area contributed by atoms with Crippen LogP contribution in [0.25, 0.3) is 11.0 Å². The van der Waals surface area contributed by atoms with E-state index < -0.39 is 0 Å². The fourth-order valence-corrected chi connectivity index (χ4v) is 3.80. The van der Waals surface area contributed by atoms with Gasteiger partial charge in [-0.3, -0.25) is 4.79 Å².